The first-order chi connectivity index (χ1) is 7.40. The minimum absolute atomic E-state index is 0.359. The Bertz CT molecular complexity index is 393. The molecular formula is C11H17N3OS. The van der Waals surface area contributed by atoms with Gasteiger partial charge in [-0.3, -0.25) is 0 Å². The Morgan fingerprint density at radius 1 is 1.62 bits per heavy atom. The minimum atomic E-state index is -0.402. The van der Waals surface area contributed by atoms with Crippen LogP contribution >= 0.6 is 12.2 Å². The molecule has 0 amide bonds. The third-order valence-electron chi connectivity index (χ3n) is 2.15. The van der Waals surface area contributed by atoms with Gasteiger partial charge in [0, 0.05) is 24.8 Å². The van der Waals surface area contributed by atoms with E-state index in [1.807, 2.05) is 31.0 Å². The number of likely N-dealkylation sites (N-methyl/N-ethyl adjacent to an activating group) is 1. The van der Waals surface area contributed by atoms with Crippen LogP contribution in [0.4, 0.5) is 5.82 Å². The molecule has 0 saturated carbocycles. The average molecular weight is 239 g/mol. The van der Waals surface area contributed by atoms with Crippen molar-refractivity contribution in [3.05, 3.63) is 23.4 Å². The molecule has 88 valence electrons. The minimum Gasteiger partial charge on any atom is -0.392 e. The maximum atomic E-state index is 9.31. The van der Waals surface area contributed by atoms with Gasteiger partial charge in [0.25, 0.3) is 0 Å². The van der Waals surface area contributed by atoms with Crippen LogP contribution in [0.2, 0.25) is 0 Å². The van der Waals surface area contributed by atoms with E-state index in [1.54, 1.807) is 6.92 Å². The van der Waals surface area contributed by atoms with Gasteiger partial charge >= 0.3 is 0 Å². The van der Waals surface area contributed by atoms with Crippen molar-refractivity contribution in [2.75, 3.05) is 18.5 Å². The highest BCUT2D eigenvalue weighted by Crippen LogP contribution is 2.14. The van der Waals surface area contributed by atoms with Crippen molar-refractivity contribution in [2.24, 2.45) is 5.73 Å². The number of hydrogen-bond donors (Lipinski definition) is 2. The number of aryl methyl sites for hydroxylation is 1. The summed E-state index contributed by atoms with van der Waals surface area (Å²) in [5, 5.41) is 9.31. The molecule has 5 heteroatoms. The highest BCUT2D eigenvalue weighted by Gasteiger charge is 2.08. The number of aliphatic hydroxyl groups excluding tert-OH is 1. The molecule has 0 radical (unpaired) electrons. The van der Waals surface area contributed by atoms with Crippen molar-refractivity contribution in [2.45, 2.75) is 20.0 Å². The molecule has 0 bridgehead atoms. The van der Waals surface area contributed by atoms with E-state index < -0.39 is 6.10 Å². The highest BCUT2D eigenvalue weighted by molar-refractivity contribution is 7.80. The maximum Gasteiger partial charge on any atom is 0.129 e. The van der Waals surface area contributed by atoms with Crippen LogP contribution < -0.4 is 10.6 Å². The van der Waals surface area contributed by atoms with Crippen molar-refractivity contribution < 1.29 is 5.11 Å². The lowest BCUT2D eigenvalue weighted by Crippen LogP contribution is -2.28. The first-order valence-electron chi connectivity index (χ1n) is 5.08. The standard InChI is InChI=1S/C11H17N3OS/c1-7-4-9(11(12)16)5-10(13-7)14(3)6-8(2)15/h4-5,8,15H,6H2,1-3H3,(H2,12,16). The van der Waals surface area contributed by atoms with Gasteiger partial charge in [0.1, 0.15) is 10.8 Å². The molecule has 4 nitrogen and oxygen atoms in total. The van der Waals surface area contributed by atoms with Gasteiger partial charge < -0.3 is 15.7 Å². The topological polar surface area (TPSA) is 62.4 Å². The molecule has 0 aliphatic heterocycles. The molecule has 1 aromatic heterocycles. The van der Waals surface area contributed by atoms with E-state index in [0.717, 1.165) is 17.1 Å². The largest absolute Gasteiger partial charge is 0.392 e. The molecule has 1 rings (SSSR count). The lowest BCUT2D eigenvalue weighted by atomic mass is 10.2. The summed E-state index contributed by atoms with van der Waals surface area (Å²) in [4.78, 5) is 6.60. The molecule has 0 aliphatic rings. The zero-order valence-corrected chi connectivity index (χ0v) is 10.6. The van der Waals surface area contributed by atoms with E-state index in [1.165, 1.54) is 0 Å². The number of anilines is 1. The first kappa shape index (κ1) is 12.9. The van der Waals surface area contributed by atoms with Crippen LogP contribution in [0, 0.1) is 6.92 Å². The Morgan fingerprint density at radius 3 is 2.75 bits per heavy atom. The Balaban J connectivity index is 3.00. The van der Waals surface area contributed by atoms with Crippen LogP contribution in [0.5, 0.6) is 0 Å². The number of hydrogen-bond acceptors (Lipinski definition) is 4. The molecule has 0 saturated heterocycles. The smallest absolute Gasteiger partial charge is 0.129 e. The van der Waals surface area contributed by atoms with E-state index in [0.29, 0.717) is 11.5 Å². The predicted molar refractivity (Wildman–Crippen MR) is 69.8 cm³/mol. The Morgan fingerprint density at radius 2 is 2.25 bits per heavy atom. The molecule has 0 spiro atoms. The summed E-state index contributed by atoms with van der Waals surface area (Å²) < 4.78 is 0. The van der Waals surface area contributed by atoms with E-state index in [9.17, 15) is 5.11 Å². The molecule has 0 aliphatic carbocycles. The van der Waals surface area contributed by atoms with Gasteiger partial charge in [-0.25, -0.2) is 4.98 Å². The first-order valence-corrected chi connectivity index (χ1v) is 5.48. The Kier molecular flexibility index (Phi) is 4.20. The van der Waals surface area contributed by atoms with Crippen molar-refractivity contribution in [3.63, 3.8) is 0 Å². The quantitative estimate of drug-likeness (QED) is 0.762. The van der Waals surface area contributed by atoms with Crippen molar-refractivity contribution in [1.82, 2.24) is 4.98 Å². The van der Waals surface area contributed by atoms with Crippen molar-refractivity contribution in [3.8, 4) is 0 Å². The summed E-state index contributed by atoms with van der Waals surface area (Å²) in [5.74, 6) is 0.767. The Labute approximate surface area is 101 Å². The predicted octanol–water partition coefficient (Wildman–Crippen LogP) is 0.841. The molecular weight excluding hydrogens is 222 g/mol. The van der Waals surface area contributed by atoms with E-state index in [4.69, 9.17) is 18.0 Å². The number of aromatic nitrogens is 1. The molecule has 16 heavy (non-hydrogen) atoms. The van der Waals surface area contributed by atoms with Gasteiger partial charge in [-0.15, -0.1) is 0 Å². The van der Waals surface area contributed by atoms with Gasteiger partial charge in [0.05, 0.1) is 6.10 Å². The summed E-state index contributed by atoms with van der Waals surface area (Å²) in [5.41, 5.74) is 7.25. The van der Waals surface area contributed by atoms with E-state index in [-0.39, 0.29) is 0 Å². The summed E-state index contributed by atoms with van der Waals surface area (Å²) in [6.45, 7) is 4.15. The molecule has 0 fully saturated rings. The number of aliphatic hydroxyl groups is 1. The number of nitrogens with zero attached hydrogens (tertiary/aromatic N) is 2. The maximum absolute atomic E-state index is 9.31. The number of thiocarbonyl (C=S) groups is 1. The van der Waals surface area contributed by atoms with Crippen LogP contribution in [-0.4, -0.2) is 34.8 Å². The third kappa shape index (κ3) is 3.43. The SMILES string of the molecule is Cc1cc(C(N)=S)cc(N(C)CC(C)O)n1. The second-order valence-corrected chi connectivity index (χ2v) is 4.39. The summed E-state index contributed by atoms with van der Waals surface area (Å²) in [6.07, 6.45) is -0.402. The normalized spacial score (nSPS) is 12.2. The molecule has 1 atom stereocenters. The highest BCUT2D eigenvalue weighted by atomic mass is 32.1. The summed E-state index contributed by atoms with van der Waals surface area (Å²) >= 11 is 4.94. The van der Waals surface area contributed by atoms with Crippen molar-refractivity contribution >= 4 is 23.0 Å². The van der Waals surface area contributed by atoms with Gasteiger partial charge in [-0.05, 0) is 26.0 Å². The number of rotatable bonds is 4. The third-order valence-corrected chi connectivity index (χ3v) is 2.39. The van der Waals surface area contributed by atoms with Gasteiger partial charge in [0.15, 0.2) is 0 Å². The lowest BCUT2D eigenvalue weighted by Gasteiger charge is -2.20. The van der Waals surface area contributed by atoms with E-state index >= 15 is 0 Å². The van der Waals surface area contributed by atoms with Crippen LogP contribution in [-0.2, 0) is 0 Å². The fraction of sp³-hybridized carbons (Fsp3) is 0.455. The summed E-state index contributed by atoms with van der Waals surface area (Å²) in [7, 11) is 1.87. The molecule has 1 heterocycles. The summed E-state index contributed by atoms with van der Waals surface area (Å²) in [6, 6.07) is 3.68. The number of pyridine rings is 1. The fourth-order valence-electron chi connectivity index (χ4n) is 1.48. The second kappa shape index (κ2) is 5.23. The van der Waals surface area contributed by atoms with Crippen molar-refractivity contribution in [1.29, 1.82) is 0 Å². The monoisotopic (exact) mass is 239 g/mol. The number of nitrogens with two attached hydrogens (primary N) is 1. The molecule has 1 aromatic rings. The van der Waals surface area contributed by atoms with Gasteiger partial charge in [0.2, 0.25) is 0 Å². The average Bonchev–Trinajstić information content (AvgIpc) is 2.15. The lowest BCUT2D eigenvalue weighted by molar-refractivity contribution is 0.201. The van der Waals surface area contributed by atoms with E-state index in [2.05, 4.69) is 4.98 Å². The zero-order chi connectivity index (χ0) is 12.3. The van der Waals surface area contributed by atoms with Gasteiger partial charge in [-0.1, -0.05) is 12.2 Å². The van der Waals surface area contributed by atoms with Crippen LogP contribution in [0.3, 0.4) is 0 Å². The molecule has 3 N–H and O–H groups in total. The van der Waals surface area contributed by atoms with Crippen LogP contribution in [0.25, 0.3) is 0 Å². The Hall–Kier alpha value is -1.20. The zero-order valence-electron chi connectivity index (χ0n) is 9.77. The van der Waals surface area contributed by atoms with Crippen LogP contribution in [0.15, 0.2) is 12.1 Å². The second-order valence-electron chi connectivity index (χ2n) is 3.95. The molecule has 0 aromatic carbocycles. The fourth-order valence-corrected chi connectivity index (χ4v) is 1.60. The van der Waals surface area contributed by atoms with Crippen LogP contribution in [0.1, 0.15) is 18.2 Å². The van der Waals surface area contributed by atoms with Gasteiger partial charge in [-0.2, -0.15) is 0 Å². The molecule has 1 unspecified atom stereocenters.